The van der Waals surface area contributed by atoms with Gasteiger partial charge in [-0.25, -0.2) is 4.98 Å². The molecule has 3 aromatic rings. The number of benzene rings is 1. The zero-order valence-electron chi connectivity index (χ0n) is 19.1. The first-order valence-electron chi connectivity index (χ1n) is 10.3. The van der Waals surface area contributed by atoms with Crippen LogP contribution < -0.4 is 19.5 Å². The van der Waals surface area contributed by atoms with Crippen LogP contribution >= 0.6 is 0 Å². The fraction of sp³-hybridized carbons (Fsp3) is 0.348. The van der Waals surface area contributed by atoms with Crippen molar-refractivity contribution in [2.45, 2.75) is 33.2 Å². The molecule has 2 aromatic heterocycles. The van der Waals surface area contributed by atoms with E-state index in [1.54, 1.807) is 31.4 Å². The second kappa shape index (κ2) is 10.6. The van der Waals surface area contributed by atoms with Crippen LogP contribution in [-0.2, 0) is 4.79 Å². The number of aromatic nitrogens is 3. The van der Waals surface area contributed by atoms with E-state index in [-0.39, 0.29) is 23.1 Å². The van der Waals surface area contributed by atoms with Gasteiger partial charge in [0.25, 0.3) is 11.8 Å². The van der Waals surface area contributed by atoms with Crippen molar-refractivity contribution < 1.29 is 28.3 Å². The minimum atomic E-state index is -0.601. The van der Waals surface area contributed by atoms with Gasteiger partial charge in [0.1, 0.15) is 5.75 Å². The van der Waals surface area contributed by atoms with Crippen LogP contribution in [0.5, 0.6) is 17.2 Å². The smallest absolute Gasteiger partial charge is 0.308 e. The summed E-state index contributed by atoms with van der Waals surface area (Å²) in [4.78, 5) is 33.2. The average molecular weight is 454 g/mol. The van der Waals surface area contributed by atoms with E-state index in [0.29, 0.717) is 23.9 Å². The molecule has 1 atom stereocenters. The van der Waals surface area contributed by atoms with Crippen molar-refractivity contribution in [2.24, 2.45) is 5.92 Å². The van der Waals surface area contributed by atoms with Gasteiger partial charge in [0, 0.05) is 24.8 Å². The van der Waals surface area contributed by atoms with Crippen LogP contribution in [0.4, 0.5) is 0 Å². The van der Waals surface area contributed by atoms with Gasteiger partial charge < -0.3 is 24.1 Å². The van der Waals surface area contributed by atoms with Crippen molar-refractivity contribution >= 4 is 11.9 Å². The summed E-state index contributed by atoms with van der Waals surface area (Å²) >= 11 is 0. The molecule has 10 nitrogen and oxygen atoms in total. The summed E-state index contributed by atoms with van der Waals surface area (Å²) in [5.74, 6) is 0.549. The molecule has 0 bridgehead atoms. The molecule has 2 heterocycles. The third kappa shape index (κ3) is 5.85. The highest BCUT2D eigenvalue weighted by molar-refractivity contribution is 5.96. The second-order valence-corrected chi connectivity index (χ2v) is 7.63. The molecule has 1 N–H and O–H groups in total. The highest BCUT2D eigenvalue weighted by Crippen LogP contribution is 2.31. The molecule has 0 unspecified atom stereocenters. The van der Waals surface area contributed by atoms with Crippen LogP contribution in [0.3, 0.4) is 0 Å². The quantitative estimate of drug-likeness (QED) is 0.483. The Labute approximate surface area is 191 Å². The van der Waals surface area contributed by atoms with E-state index in [0.717, 1.165) is 5.56 Å². The lowest BCUT2D eigenvalue weighted by Crippen LogP contribution is -2.31. The largest absolute Gasteiger partial charge is 0.497 e. The lowest BCUT2D eigenvalue weighted by molar-refractivity contribution is -0.132. The zero-order valence-corrected chi connectivity index (χ0v) is 19.1. The minimum absolute atomic E-state index is 0.0552. The maximum absolute atomic E-state index is 13.1. The lowest BCUT2D eigenvalue weighted by Gasteiger charge is -2.18. The highest BCUT2D eigenvalue weighted by atomic mass is 16.6. The van der Waals surface area contributed by atoms with Crippen molar-refractivity contribution in [3.63, 3.8) is 0 Å². The SMILES string of the molecule is COc1ccc(-c2nc([C@H](CC(C)C)NC(=O)c3nccc(OC)c3OC(C)=O)no2)cc1. The maximum Gasteiger partial charge on any atom is 0.308 e. The van der Waals surface area contributed by atoms with E-state index in [1.807, 2.05) is 13.8 Å². The molecule has 0 radical (unpaired) electrons. The number of ether oxygens (including phenoxy) is 3. The van der Waals surface area contributed by atoms with Crippen LogP contribution in [-0.4, -0.2) is 41.2 Å². The maximum atomic E-state index is 13.1. The van der Waals surface area contributed by atoms with E-state index in [4.69, 9.17) is 18.7 Å². The standard InChI is InChI=1S/C23H26N4O6/c1-13(2)12-17(21-26-23(33-27-21)15-6-8-16(30-4)9-7-15)25-22(29)19-20(32-14(3)28)18(31-5)10-11-24-19/h6-11,13,17H,12H2,1-5H3,(H,25,29)/t17-/m0/s1. The monoisotopic (exact) mass is 454 g/mol. The number of hydrogen-bond acceptors (Lipinski definition) is 9. The number of amides is 1. The summed E-state index contributed by atoms with van der Waals surface area (Å²) in [5, 5.41) is 6.95. The second-order valence-electron chi connectivity index (χ2n) is 7.63. The van der Waals surface area contributed by atoms with Gasteiger partial charge >= 0.3 is 5.97 Å². The number of pyridine rings is 1. The molecule has 1 aromatic carbocycles. The van der Waals surface area contributed by atoms with Crippen molar-refractivity contribution in [1.82, 2.24) is 20.4 Å². The van der Waals surface area contributed by atoms with Gasteiger partial charge in [0.05, 0.1) is 20.3 Å². The number of nitrogens with one attached hydrogen (secondary N) is 1. The summed E-state index contributed by atoms with van der Waals surface area (Å²) in [6.07, 6.45) is 1.94. The first kappa shape index (κ1) is 23.7. The Kier molecular flexibility index (Phi) is 7.60. The number of esters is 1. The van der Waals surface area contributed by atoms with Crippen molar-refractivity contribution in [1.29, 1.82) is 0 Å². The summed E-state index contributed by atoms with van der Waals surface area (Å²) in [5.41, 5.74) is 0.632. The van der Waals surface area contributed by atoms with Gasteiger partial charge in [0.2, 0.25) is 5.75 Å². The summed E-state index contributed by atoms with van der Waals surface area (Å²) < 4.78 is 21.0. The average Bonchev–Trinajstić information content (AvgIpc) is 3.28. The first-order valence-corrected chi connectivity index (χ1v) is 10.3. The van der Waals surface area contributed by atoms with Gasteiger partial charge in [-0.1, -0.05) is 19.0 Å². The van der Waals surface area contributed by atoms with Gasteiger partial charge in [-0.15, -0.1) is 0 Å². The summed E-state index contributed by atoms with van der Waals surface area (Å²) in [6, 6.07) is 8.12. The normalized spacial score (nSPS) is 11.7. The molecule has 0 spiro atoms. The number of rotatable bonds is 9. The predicted molar refractivity (Wildman–Crippen MR) is 118 cm³/mol. The molecule has 0 fully saturated rings. The third-order valence-corrected chi connectivity index (χ3v) is 4.65. The molecular formula is C23H26N4O6. The lowest BCUT2D eigenvalue weighted by atomic mass is 10.0. The van der Waals surface area contributed by atoms with E-state index >= 15 is 0 Å². The van der Waals surface area contributed by atoms with Gasteiger partial charge in [-0.05, 0) is 36.6 Å². The molecule has 0 aliphatic heterocycles. The molecule has 0 saturated carbocycles. The van der Waals surface area contributed by atoms with Crippen LogP contribution in [0.15, 0.2) is 41.1 Å². The van der Waals surface area contributed by atoms with E-state index in [2.05, 4.69) is 20.4 Å². The molecule has 0 aliphatic rings. The Balaban J connectivity index is 1.88. The molecule has 33 heavy (non-hydrogen) atoms. The Bertz CT molecular complexity index is 1110. The number of carbonyl (C=O) groups is 2. The number of methoxy groups -OCH3 is 2. The zero-order chi connectivity index (χ0) is 24.0. The van der Waals surface area contributed by atoms with E-state index in [9.17, 15) is 9.59 Å². The molecule has 1 amide bonds. The van der Waals surface area contributed by atoms with Crippen molar-refractivity contribution in [3.05, 3.63) is 48.0 Å². The summed E-state index contributed by atoms with van der Waals surface area (Å²) in [7, 11) is 2.99. The summed E-state index contributed by atoms with van der Waals surface area (Å²) in [6.45, 7) is 5.26. The Morgan fingerprint density at radius 1 is 1.09 bits per heavy atom. The topological polar surface area (TPSA) is 126 Å². The van der Waals surface area contributed by atoms with E-state index < -0.39 is 17.9 Å². The minimum Gasteiger partial charge on any atom is -0.497 e. The van der Waals surface area contributed by atoms with E-state index in [1.165, 1.54) is 26.3 Å². The number of carbonyl (C=O) groups excluding carboxylic acids is 2. The molecule has 0 aliphatic carbocycles. The molecule has 174 valence electrons. The fourth-order valence-electron chi connectivity index (χ4n) is 3.15. The fourth-order valence-corrected chi connectivity index (χ4v) is 3.15. The first-order chi connectivity index (χ1) is 15.8. The van der Waals surface area contributed by atoms with Crippen molar-refractivity contribution in [2.75, 3.05) is 14.2 Å². The molecule has 10 heteroatoms. The Morgan fingerprint density at radius 3 is 2.42 bits per heavy atom. The van der Waals surface area contributed by atoms with Gasteiger partial charge in [-0.2, -0.15) is 4.98 Å². The van der Waals surface area contributed by atoms with Crippen LogP contribution in [0.1, 0.15) is 49.5 Å². The van der Waals surface area contributed by atoms with Crippen molar-refractivity contribution in [3.8, 4) is 28.7 Å². The van der Waals surface area contributed by atoms with Crippen LogP contribution in [0, 0.1) is 5.92 Å². The van der Waals surface area contributed by atoms with Gasteiger partial charge in [0.15, 0.2) is 17.3 Å². The van der Waals surface area contributed by atoms with Crippen LogP contribution in [0.2, 0.25) is 0 Å². The molecule has 0 saturated heterocycles. The Hall–Kier alpha value is -3.95. The third-order valence-electron chi connectivity index (χ3n) is 4.65. The van der Waals surface area contributed by atoms with Gasteiger partial charge in [-0.3, -0.25) is 9.59 Å². The predicted octanol–water partition coefficient (Wildman–Crippen LogP) is 3.59. The molecular weight excluding hydrogens is 428 g/mol. The highest BCUT2D eigenvalue weighted by Gasteiger charge is 2.27. The number of hydrogen-bond donors (Lipinski definition) is 1. The van der Waals surface area contributed by atoms with Crippen LogP contribution in [0.25, 0.3) is 11.5 Å². The molecule has 3 rings (SSSR count). The number of nitrogens with zero attached hydrogens (tertiary/aromatic N) is 3. The Morgan fingerprint density at radius 2 is 1.82 bits per heavy atom.